The van der Waals surface area contributed by atoms with Gasteiger partial charge >= 0.3 is 0 Å². The molecule has 1 N–H and O–H groups in total. The van der Waals surface area contributed by atoms with Gasteiger partial charge in [0.25, 0.3) is 0 Å². The Labute approximate surface area is 128 Å². The van der Waals surface area contributed by atoms with E-state index in [1.807, 2.05) is 24.3 Å². The van der Waals surface area contributed by atoms with Gasteiger partial charge in [-0.15, -0.1) is 0 Å². The molecule has 0 saturated carbocycles. The van der Waals surface area contributed by atoms with Gasteiger partial charge in [-0.2, -0.15) is 0 Å². The summed E-state index contributed by atoms with van der Waals surface area (Å²) in [6.07, 6.45) is 0. The molecule has 0 radical (unpaired) electrons. The molecule has 1 saturated heterocycles. The third-order valence-corrected chi connectivity index (χ3v) is 4.10. The predicted molar refractivity (Wildman–Crippen MR) is 86.7 cm³/mol. The maximum absolute atomic E-state index is 14.1. The van der Waals surface area contributed by atoms with Gasteiger partial charge in [0.05, 0.1) is 13.2 Å². The van der Waals surface area contributed by atoms with Crippen molar-refractivity contribution in [2.24, 2.45) is 0 Å². The topological polar surface area (TPSA) is 28.3 Å². The average molecular weight is 296 g/mol. The molecule has 4 rings (SSSR count). The smallest absolute Gasteiger partial charge is 0.125 e. The number of hydrogen-bond acceptors (Lipinski definition) is 2. The monoisotopic (exact) mass is 296 g/mol. The molecular formula is C18H17FN2O. The largest absolute Gasteiger partial charge is 0.378 e. The molecule has 1 fully saturated rings. The van der Waals surface area contributed by atoms with E-state index in [1.165, 1.54) is 0 Å². The first kappa shape index (κ1) is 13.3. The van der Waals surface area contributed by atoms with Crippen LogP contribution in [0.1, 0.15) is 0 Å². The first-order valence-corrected chi connectivity index (χ1v) is 7.51. The summed E-state index contributed by atoms with van der Waals surface area (Å²) in [6, 6.07) is 15.4. The van der Waals surface area contributed by atoms with Gasteiger partial charge in [0, 0.05) is 40.9 Å². The molecule has 0 aliphatic carbocycles. The van der Waals surface area contributed by atoms with Gasteiger partial charge < -0.3 is 14.6 Å². The second-order valence-corrected chi connectivity index (χ2v) is 5.57. The minimum Gasteiger partial charge on any atom is -0.378 e. The standard InChI is InChI=1S/C18H17FN2O/c19-15-9-14(10-16(12-15)21-5-7-22-8-6-21)18-11-13-3-1-2-4-17(13)20-18/h1-4,9-12,20H,5-8H2. The maximum atomic E-state index is 14.1. The summed E-state index contributed by atoms with van der Waals surface area (Å²) >= 11 is 0. The minimum absolute atomic E-state index is 0.211. The summed E-state index contributed by atoms with van der Waals surface area (Å²) in [5, 5.41) is 1.13. The first-order valence-electron chi connectivity index (χ1n) is 7.51. The summed E-state index contributed by atoms with van der Waals surface area (Å²) in [4.78, 5) is 5.52. The van der Waals surface area contributed by atoms with Crippen LogP contribution < -0.4 is 4.90 Å². The van der Waals surface area contributed by atoms with Crippen molar-refractivity contribution in [1.82, 2.24) is 4.98 Å². The Bertz CT molecular complexity index is 773. The van der Waals surface area contributed by atoms with Crippen molar-refractivity contribution in [3.05, 3.63) is 54.3 Å². The summed E-state index contributed by atoms with van der Waals surface area (Å²) in [6.45, 7) is 2.99. The van der Waals surface area contributed by atoms with Crippen molar-refractivity contribution >= 4 is 16.6 Å². The summed E-state index contributed by atoms with van der Waals surface area (Å²) in [5.41, 5.74) is 3.79. The molecule has 2 heterocycles. The molecule has 3 aromatic rings. The van der Waals surface area contributed by atoms with Crippen molar-refractivity contribution in [3.8, 4) is 11.3 Å². The second-order valence-electron chi connectivity index (χ2n) is 5.57. The Kier molecular flexibility index (Phi) is 3.31. The fraction of sp³-hybridized carbons (Fsp3) is 0.222. The van der Waals surface area contributed by atoms with Crippen LogP contribution in [0, 0.1) is 5.82 Å². The van der Waals surface area contributed by atoms with Gasteiger partial charge in [0.1, 0.15) is 5.82 Å². The maximum Gasteiger partial charge on any atom is 0.125 e. The minimum atomic E-state index is -0.211. The number of nitrogens with zero attached hydrogens (tertiary/aromatic N) is 1. The molecule has 0 amide bonds. The predicted octanol–water partition coefficient (Wildman–Crippen LogP) is 3.81. The summed E-state index contributed by atoms with van der Waals surface area (Å²) < 4.78 is 19.4. The van der Waals surface area contributed by atoms with Crippen molar-refractivity contribution in [2.45, 2.75) is 0 Å². The third-order valence-electron chi connectivity index (χ3n) is 4.10. The molecule has 0 spiro atoms. The number of rotatable bonds is 2. The number of aromatic amines is 1. The number of hydrogen-bond donors (Lipinski definition) is 1. The lowest BCUT2D eigenvalue weighted by Gasteiger charge is -2.29. The number of morpholine rings is 1. The van der Waals surface area contributed by atoms with E-state index in [0.717, 1.165) is 40.9 Å². The van der Waals surface area contributed by atoms with Crippen LogP contribution in [0.25, 0.3) is 22.2 Å². The number of anilines is 1. The highest BCUT2D eigenvalue weighted by Crippen LogP contribution is 2.29. The van der Waals surface area contributed by atoms with E-state index in [9.17, 15) is 4.39 Å². The third kappa shape index (κ3) is 2.46. The van der Waals surface area contributed by atoms with Crippen LogP contribution in [-0.2, 0) is 4.74 Å². The van der Waals surface area contributed by atoms with E-state index < -0.39 is 0 Å². The Morgan fingerprint density at radius 2 is 1.82 bits per heavy atom. The van der Waals surface area contributed by atoms with E-state index in [4.69, 9.17) is 4.74 Å². The highest BCUT2D eigenvalue weighted by Gasteiger charge is 2.14. The molecule has 0 bridgehead atoms. The van der Waals surface area contributed by atoms with Gasteiger partial charge in [0.15, 0.2) is 0 Å². The Hall–Kier alpha value is -2.33. The molecule has 1 aromatic heterocycles. The lowest BCUT2D eigenvalue weighted by atomic mass is 10.1. The zero-order chi connectivity index (χ0) is 14.9. The van der Waals surface area contributed by atoms with E-state index >= 15 is 0 Å². The molecule has 4 heteroatoms. The van der Waals surface area contributed by atoms with Gasteiger partial charge in [0.2, 0.25) is 0 Å². The lowest BCUT2D eigenvalue weighted by Crippen LogP contribution is -2.36. The van der Waals surface area contributed by atoms with Crippen molar-refractivity contribution < 1.29 is 9.13 Å². The summed E-state index contributed by atoms with van der Waals surface area (Å²) in [5.74, 6) is -0.211. The van der Waals surface area contributed by atoms with Gasteiger partial charge in [-0.3, -0.25) is 0 Å². The van der Waals surface area contributed by atoms with E-state index in [0.29, 0.717) is 13.2 Å². The van der Waals surface area contributed by atoms with Crippen LogP contribution in [0.2, 0.25) is 0 Å². The van der Waals surface area contributed by atoms with Crippen LogP contribution in [-0.4, -0.2) is 31.3 Å². The van der Waals surface area contributed by atoms with E-state index in [-0.39, 0.29) is 5.82 Å². The first-order chi connectivity index (χ1) is 10.8. The Morgan fingerprint density at radius 3 is 2.64 bits per heavy atom. The molecule has 22 heavy (non-hydrogen) atoms. The number of ether oxygens (including phenoxy) is 1. The fourth-order valence-corrected chi connectivity index (χ4v) is 2.96. The molecule has 2 aromatic carbocycles. The second kappa shape index (κ2) is 5.46. The number of aromatic nitrogens is 1. The highest BCUT2D eigenvalue weighted by atomic mass is 19.1. The highest BCUT2D eigenvalue weighted by molar-refractivity contribution is 5.86. The van der Waals surface area contributed by atoms with Gasteiger partial charge in [-0.05, 0) is 30.3 Å². The van der Waals surface area contributed by atoms with Crippen LogP contribution in [0.5, 0.6) is 0 Å². The zero-order valence-corrected chi connectivity index (χ0v) is 12.2. The molecule has 1 aliphatic heterocycles. The molecule has 0 unspecified atom stereocenters. The number of nitrogens with one attached hydrogen (secondary N) is 1. The van der Waals surface area contributed by atoms with Crippen molar-refractivity contribution in [1.29, 1.82) is 0 Å². The van der Waals surface area contributed by atoms with Crippen LogP contribution in [0.3, 0.4) is 0 Å². The average Bonchev–Trinajstić information content (AvgIpc) is 2.99. The molecule has 112 valence electrons. The van der Waals surface area contributed by atoms with Crippen molar-refractivity contribution in [3.63, 3.8) is 0 Å². The lowest BCUT2D eigenvalue weighted by molar-refractivity contribution is 0.122. The number of benzene rings is 2. The zero-order valence-electron chi connectivity index (χ0n) is 12.2. The van der Waals surface area contributed by atoms with Gasteiger partial charge in [-0.1, -0.05) is 18.2 Å². The van der Waals surface area contributed by atoms with Crippen LogP contribution >= 0.6 is 0 Å². The Morgan fingerprint density at radius 1 is 1.00 bits per heavy atom. The number of halogens is 1. The quantitative estimate of drug-likeness (QED) is 0.779. The Balaban J connectivity index is 1.75. The van der Waals surface area contributed by atoms with Gasteiger partial charge in [-0.25, -0.2) is 4.39 Å². The molecule has 3 nitrogen and oxygen atoms in total. The number of para-hydroxylation sites is 1. The van der Waals surface area contributed by atoms with Crippen LogP contribution in [0.4, 0.5) is 10.1 Å². The normalized spacial score (nSPS) is 15.4. The fourth-order valence-electron chi connectivity index (χ4n) is 2.96. The molecule has 1 aliphatic rings. The summed E-state index contributed by atoms with van der Waals surface area (Å²) in [7, 11) is 0. The number of fused-ring (bicyclic) bond motifs is 1. The van der Waals surface area contributed by atoms with Crippen molar-refractivity contribution in [2.75, 3.05) is 31.2 Å². The van der Waals surface area contributed by atoms with E-state index in [2.05, 4.69) is 22.0 Å². The molecular weight excluding hydrogens is 279 g/mol. The molecule has 0 atom stereocenters. The number of H-pyrrole nitrogens is 1. The SMILES string of the molecule is Fc1cc(-c2cc3ccccc3[nH]2)cc(N2CCOCC2)c1. The van der Waals surface area contributed by atoms with E-state index in [1.54, 1.807) is 12.1 Å². The van der Waals surface area contributed by atoms with Crippen LogP contribution in [0.15, 0.2) is 48.5 Å².